The maximum atomic E-state index is 12.8. The van der Waals surface area contributed by atoms with Gasteiger partial charge in [0.25, 0.3) is 0 Å². The highest BCUT2D eigenvalue weighted by Crippen LogP contribution is 2.26. The van der Waals surface area contributed by atoms with Crippen LogP contribution in [0.15, 0.2) is 24.3 Å². The first-order valence-corrected chi connectivity index (χ1v) is 9.94. The third kappa shape index (κ3) is 5.19. The topological polar surface area (TPSA) is 61.4 Å². The van der Waals surface area contributed by atoms with Crippen LogP contribution in [-0.2, 0) is 9.59 Å². The lowest BCUT2D eigenvalue weighted by Gasteiger charge is -2.35. The minimum Gasteiger partial charge on any atom is -0.348 e. The van der Waals surface area contributed by atoms with Crippen molar-refractivity contribution in [2.45, 2.75) is 25.3 Å². The van der Waals surface area contributed by atoms with Crippen molar-refractivity contribution in [2.75, 3.05) is 36.5 Å². The van der Waals surface area contributed by atoms with Crippen LogP contribution >= 0.6 is 11.8 Å². The zero-order valence-electron chi connectivity index (χ0n) is 14.2. The predicted molar refractivity (Wildman–Crippen MR) is 98.1 cm³/mol. The molecule has 1 aromatic rings. The molecule has 2 saturated heterocycles. The number of anilines is 1. The van der Waals surface area contributed by atoms with E-state index in [1.807, 2.05) is 11.8 Å². The molecule has 0 aliphatic carbocycles. The van der Waals surface area contributed by atoms with Crippen LogP contribution in [0.1, 0.15) is 19.3 Å². The van der Waals surface area contributed by atoms with Crippen molar-refractivity contribution in [3.05, 3.63) is 30.1 Å². The summed E-state index contributed by atoms with van der Waals surface area (Å²) in [6, 6.07) is 6.06. The van der Waals surface area contributed by atoms with E-state index in [0.29, 0.717) is 18.2 Å². The van der Waals surface area contributed by atoms with Crippen molar-refractivity contribution in [1.29, 1.82) is 0 Å². The molecule has 0 saturated carbocycles. The summed E-state index contributed by atoms with van der Waals surface area (Å²) >= 11 is 2.03. The highest BCUT2D eigenvalue weighted by atomic mass is 32.2. The number of halogens is 1. The number of carbonyl (C=O) groups excluding carboxylic acids is 2. The fourth-order valence-corrected chi connectivity index (χ4v) is 4.63. The molecule has 136 valence electrons. The molecule has 25 heavy (non-hydrogen) atoms. The van der Waals surface area contributed by atoms with Crippen LogP contribution in [0.25, 0.3) is 0 Å². The van der Waals surface area contributed by atoms with Gasteiger partial charge in [-0.25, -0.2) is 4.39 Å². The van der Waals surface area contributed by atoms with Gasteiger partial charge >= 0.3 is 11.8 Å². The molecular weight excluding hydrogens is 341 g/mol. The van der Waals surface area contributed by atoms with E-state index < -0.39 is 11.8 Å². The first kappa shape index (κ1) is 18.2. The molecule has 1 aromatic carbocycles. The molecule has 2 N–H and O–H groups in total. The SMILES string of the molecule is O=C(NCC1CCN(C2CCSC2)CC1)C(=O)Nc1ccc(F)cc1. The maximum Gasteiger partial charge on any atom is 0.313 e. The van der Waals surface area contributed by atoms with Gasteiger partial charge in [0.15, 0.2) is 0 Å². The Balaban J connectivity index is 1.37. The van der Waals surface area contributed by atoms with Crippen molar-refractivity contribution >= 4 is 29.3 Å². The lowest BCUT2D eigenvalue weighted by atomic mass is 9.95. The van der Waals surface area contributed by atoms with Crippen molar-refractivity contribution in [3.8, 4) is 0 Å². The van der Waals surface area contributed by atoms with E-state index in [0.717, 1.165) is 32.0 Å². The molecule has 1 atom stereocenters. The Morgan fingerprint density at radius 2 is 1.84 bits per heavy atom. The van der Waals surface area contributed by atoms with Crippen LogP contribution in [0, 0.1) is 11.7 Å². The highest BCUT2D eigenvalue weighted by Gasteiger charge is 2.27. The van der Waals surface area contributed by atoms with Crippen molar-refractivity contribution in [2.24, 2.45) is 5.92 Å². The third-order valence-corrected chi connectivity index (χ3v) is 6.08. The molecule has 0 bridgehead atoms. The highest BCUT2D eigenvalue weighted by molar-refractivity contribution is 7.99. The number of likely N-dealkylation sites (tertiary alicyclic amines) is 1. The number of piperidine rings is 1. The van der Waals surface area contributed by atoms with Gasteiger partial charge in [-0.2, -0.15) is 11.8 Å². The normalized spacial score (nSPS) is 21.9. The van der Waals surface area contributed by atoms with E-state index in [4.69, 9.17) is 0 Å². The first-order chi connectivity index (χ1) is 12.1. The van der Waals surface area contributed by atoms with Gasteiger partial charge in [0.2, 0.25) is 0 Å². The zero-order chi connectivity index (χ0) is 17.6. The average Bonchev–Trinajstić information content (AvgIpc) is 3.16. The summed E-state index contributed by atoms with van der Waals surface area (Å²) in [4.78, 5) is 26.4. The summed E-state index contributed by atoms with van der Waals surface area (Å²) in [5.74, 6) is 1.19. The van der Waals surface area contributed by atoms with Gasteiger partial charge in [0.05, 0.1) is 0 Å². The van der Waals surface area contributed by atoms with Gasteiger partial charge in [-0.3, -0.25) is 14.5 Å². The van der Waals surface area contributed by atoms with E-state index in [-0.39, 0.29) is 5.82 Å². The monoisotopic (exact) mass is 365 g/mol. The summed E-state index contributed by atoms with van der Waals surface area (Å²) < 4.78 is 12.8. The van der Waals surface area contributed by atoms with E-state index >= 15 is 0 Å². The number of nitrogens with zero attached hydrogens (tertiary/aromatic N) is 1. The number of rotatable bonds is 4. The molecule has 0 spiro atoms. The summed E-state index contributed by atoms with van der Waals surface area (Å²) in [6.07, 6.45) is 3.40. The second-order valence-corrected chi connectivity index (χ2v) is 7.82. The van der Waals surface area contributed by atoms with E-state index in [1.54, 1.807) is 0 Å². The molecule has 2 amide bonds. The third-order valence-electron chi connectivity index (χ3n) is 4.93. The van der Waals surface area contributed by atoms with Gasteiger partial charge in [-0.15, -0.1) is 0 Å². The van der Waals surface area contributed by atoms with E-state index in [9.17, 15) is 14.0 Å². The maximum absolute atomic E-state index is 12.8. The van der Waals surface area contributed by atoms with Crippen molar-refractivity contribution < 1.29 is 14.0 Å². The molecule has 7 heteroatoms. The molecule has 5 nitrogen and oxygen atoms in total. The van der Waals surface area contributed by atoms with Crippen LogP contribution in [0.5, 0.6) is 0 Å². The molecule has 1 unspecified atom stereocenters. The van der Waals surface area contributed by atoms with Gasteiger partial charge in [0.1, 0.15) is 5.82 Å². The van der Waals surface area contributed by atoms with E-state index in [1.165, 1.54) is 42.2 Å². The van der Waals surface area contributed by atoms with Crippen molar-refractivity contribution in [3.63, 3.8) is 0 Å². The summed E-state index contributed by atoms with van der Waals surface area (Å²) in [7, 11) is 0. The number of benzene rings is 1. The largest absolute Gasteiger partial charge is 0.348 e. The summed E-state index contributed by atoms with van der Waals surface area (Å²) in [6.45, 7) is 2.68. The Labute approximate surface area is 151 Å². The predicted octanol–water partition coefficient (Wildman–Crippen LogP) is 2.10. The minimum absolute atomic E-state index is 0.384. The Morgan fingerprint density at radius 3 is 2.48 bits per heavy atom. The number of carbonyl (C=O) groups is 2. The van der Waals surface area contributed by atoms with Gasteiger partial charge < -0.3 is 10.6 Å². The molecule has 2 heterocycles. The lowest BCUT2D eigenvalue weighted by molar-refractivity contribution is -0.136. The lowest BCUT2D eigenvalue weighted by Crippen LogP contribution is -2.45. The smallest absolute Gasteiger partial charge is 0.313 e. The average molecular weight is 365 g/mol. The second-order valence-electron chi connectivity index (χ2n) is 6.67. The van der Waals surface area contributed by atoms with Crippen LogP contribution in [-0.4, -0.2) is 53.9 Å². The van der Waals surface area contributed by atoms with Gasteiger partial charge in [-0.1, -0.05) is 0 Å². The van der Waals surface area contributed by atoms with Crippen LogP contribution in [0.2, 0.25) is 0 Å². The summed E-state index contributed by atoms with van der Waals surface area (Å²) in [5.41, 5.74) is 0.407. The number of hydrogen-bond donors (Lipinski definition) is 2. The number of thioether (sulfide) groups is 1. The van der Waals surface area contributed by atoms with Crippen molar-refractivity contribution in [1.82, 2.24) is 10.2 Å². The Hall–Kier alpha value is -1.60. The zero-order valence-corrected chi connectivity index (χ0v) is 15.0. The molecule has 2 aliphatic rings. The fraction of sp³-hybridized carbons (Fsp3) is 0.556. The standard InChI is InChI=1S/C18H24FN3O2S/c19-14-1-3-15(4-2-14)21-18(24)17(23)20-11-13-5-8-22(9-6-13)16-7-10-25-12-16/h1-4,13,16H,5-12H2,(H,20,23)(H,21,24). The fourth-order valence-electron chi connectivity index (χ4n) is 3.37. The Morgan fingerprint density at radius 1 is 1.12 bits per heavy atom. The molecular formula is C18H24FN3O2S. The summed E-state index contributed by atoms with van der Waals surface area (Å²) in [5, 5.41) is 5.19. The molecule has 0 radical (unpaired) electrons. The molecule has 2 fully saturated rings. The Kier molecular flexibility index (Phi) is 6.31. The number of amides is 2. The van der Waals surface area contributed by atoms with Gasteiger partial charge in [-0.05, 0) is 68.3 Å². The first-order valence-electron chi connectivity index (χ1n) is 8.78. The van der Waals surface area contributed by atoms with Crippen LogP contribution < -0.4 is 10.6 Å². The minimum atomic E-state index is -0.716. The Bertz CT molecular complexity index is 597. The number of hydrogen-bond acceptors (Lipinski definition) is 4. The number of nitrogens with one attached hydrogen (secondary N) is 2. The molecule has 0 aromatic heterocycles. The molecule has 3 rings (SSSR count). The van der Waals surface area contributed by atoms with Gasteiger partial charge in [0, 0.05) is 24.0 Å². The van der Waals surface area contributed by atoms with Crippen LogP contribution in [0.3, 0.4) is 0 Å². The molecule has 2 aliphatic heterocycles. The van der Waals surface area contributed by atoms with Crippen LogP contribution in [0.4, 0.5) is 10.1 Å². The van der Waals surface area contributed by atoms with E-state index in [2.05, 4.69) is 15.5 Å². The second kappa shape index (κ2) is 8.67. The quantitative estimate of drug-likeness (QED) is 0.802.